The van der Waals surface area contributed by atoms with Crippen molar-refractivity contribution in [3.63, 3.8) is 0 Å². The van der Waals surface area contributed by atoms with E-state index in [2.05, 4.69) is 0 Å². The first-order chi connectivity index (χ1) is 9.24. The van der Waals surface area contributed by atoms with Crippen molar-refractivity contribution in [3.05, 3.63) is 60.9 Å². The average molecular weight is 251 g/mol. The van der Waals surface area contributed by atoms with E-state index in [1.807, 2.05) is 65.3 Å². The molecule has 0 unspecified atom stereocenters. The van der Waals surface area contributed by atoms with Crippen molar-refractivity contribution in [3.8, 4) is 16.9 Å². The second-order valence-corrected chi connectivity index (χ2v) is 4.35. The molecule has 0 radical (unpaired) electrons. The molecule has 0 N–H and O–H groups in total. The van der Waals surface area contributed by atoms with E-state index in [0.717, 1.165) is 16.6 Å². The molecule has 0 aliphatic heterocycles. The van der Waals surface area contributed by atoms with Gasteiger partial charge < -0.3 is 9.14 Å². The third-order valence-electron chi connectivity index (χ3n) is 2.96. The summed E-state index contributed by atoms with van der Waals surface area (Å²) in [6, 6.07) is 15.8. The van der Waals surface area contributed by atoms with Gasteiger partial charge in [-0.1, -0.05) is 30.3 Å². The first kappa shape index (κ1) is 11.5. The highest BCUT2D eigenvalue weighted by molar-refractivity contribution is 5.77. The van der Waals surface area contributed by atoms with Gasteiger partial charge in [0.15, 0.2) is 5.75 Å². The van der Waals surface area contributed by atoms with E-state index in [1.54, 1.807) is 0 Å². The monoisotopic (exact) mass is 251 g/mol. The van der Waals surface area contributed by atoms with E-state index in [1.165, 1.54) is 6.92 Å². The number of fused-ring (bicyclic) bond motifs is 1. The summed E-state index contributed by atoms with van der Waals surface area (Å²) in [5, 5.41) is 0. The predicted molar refractivity (Wildman–Crippen MR) is 74.1 cm³/mol. The summed E-state index contributed by atoms with van der Waals surface area (Å²) in [6.07, 6.45) is 3.96. The fraction of sp³-hybridized carbons (Fsp3) is 0.0625. The fourth-order valence-corrected chi connectivity index (χ4v) is 2.14. The van der Waals surface area contributed by atoms with Crippen LogP contribution in [-0.2, 0) is 4.79 Å². The van der Waals surface area contributed by atoms with Crippen molar-refractivity contribution < 1.29 is 9.53 Å². The van der Waals surface area contributed by atoms with Crippen LogP contribution in [-0.4, -0.2) is 10.4 Å². The van der Waals surface area contributed by atoms with Crippen LogP contribution in [0, 0.1) is 0 Å². The quantitative estimate of drug-likeness (QED) is 0.652. The Labute approximate surface area is 111 Å². The maximum Gasteiger partial charge on any atom is 0.308 e. The van der Waals surface area contributed by atoms with Gasteiger partial charge in [-0.3, -0.25) is 4.79 Å². The molecule has 3 aromatic rings. The van der Waals surface area contributed by atoms with Crippen molar-refractivity contribution in [2.75, 3.05) is 0 Å². The number of carbonyl (C=O) groups excluding carboxylic acids is 1. The summed E-state index contributed by atoms with van der Waals surface area (Å²) in [4.78, 5) is 11.2. The summed E-state index contributed by atoms with van der Waals surface area (Å²) in [5.74, 6) is 0.271. The maximum atomic E-state index is 11.2. The van der Waals surface area contributed by atoms with Crippen molar-refractivity contribution in [2.45, 2.75) is 6.92 Å². The van der Waals surface area contributed by atoms with Gasteiger partial charge in [0.05, 0.1) is 5.52 Å². The molecule has 0 fully saturated rings. The van der Waals surface area contributed by atoms with Crippen LogP contribution in [0.5, 0.6) is 5.75 Å². The predicted octanol–water partition coefficient (Wildman–Crippen LogP) is 3.53. The summed E-state index contributed by atoms with van der Waals surface area (Å²) in [5.41, 5.74) is 2.99. The molecule has 3 heteroatoms. The van der Waals surface area contributed by atoms with Crippen LogP contribution in [0.25, 0.3) is 16.6 Å². The topological polar surface area (TPSA) is 30.7 Å². The molecule has 0 atom stereocenters. The van der Waals surface area contributed by atoms with E-state index in [4.69, 9.17) is 4.74 Å². The number of hydrogen-bond acceptors (Lipinski definition) is 2. The highest BCUT2D eigenvalue weighted by Gasteiger charge is 2.08. The summed E-state index contributed by atoms with van der Waals surface area (Å²) in [6.45, 7) is 1.41. The van der Waals surface area contributed by atoms with Crippen LogP contribution in [0.3, 0.4) is 0 Å². The Balaban J connectivity index is 2.19. The van der Waals surface area contributed by atoms with E-state index in [9.17, 15) is 4.79 Å². The van der Waals surface area contributed by atoms with E-state index in [0.29, 0.717) is 5.75 Å². The zero-order valence-electron chi connectivity index (χ0n) is 10.5. The van der Waals surface area contributed by atoms with Gasteiger partial charge in [-0.25, -0.2) is 0 Å². The van der Waals surface area contributed by atoms with Gasteiger partial charge in [0.2, 0.25) is 0 Å². The number of pyridine rings is 1. The number of rotatable bonds is 2. The molecule has 0 saturated carbocycles. The van der Waals surface area contributed by atoms with E-state index < -0.39 is 0 Å². The Hall–Kier alpha value is -2.55. The number of ether oxygens (including phenoxy) is 1. The first-order valence-electron chi connectivity index (χ1n) is 6.08. The molecular formula is C16H13NO2. The highest BCUT2D eigenvalue weighted by Crippen LogP contribution is 2.28. The molecule has 2 heterocycles. The van der Waals surface area contributed by atoms with Crippen LogP contribution >= 0.6 is 0 Å². The zero-order chi connectivity index (χ0) is 13.2. The van der Waals surface area contributed by atoms with Gasteiger partial charge in [-0.2, -0.15) is 0 Å². The van der Waals surface area contributed by atoms with Crippen molar-refractivity contribution in [1.82, 2.24) is 4.40 Å². The third-order valence-corrected chi connectivity index (χ3v) is 2.96. The number of hydrogen-bond donors (Lipinski definition) is 0. The smallest absolute Gasteiger partial charge is 0.308 e. The normalized spacial score (nSPS) is 10.6. The molecule has 0 spiro atoms. The highest BCUT2D eigenvalue weighted by atomic mass is 16.5. The molecule has 0 amide bonds. The number of aromatic nitrogens is 1. The minimum atomic E-state index is -0.312. The van der Waals surface area contributed by atoms with E-state index in [-0.39, 0.29) is 5.97 Å². The molecule has 2 aromatic heterocycles. The van der Waals surface area contributed by atoms with Crippen LogP contribution in [0.4, 0.5) is 0 Å². The Kier molecular flexibility index (Phi) is 2.80. The molecule has 3 rings (SSSR count). The van der Waals surface area contributed by atoms with Crippen LogP contribution in [0.15, 0.2) is 60.9 Å². The summed E-state index contributed by atoms with van der Waals surface area (Å²) < 4.78 is 7.25. The average Bonchev–Trinajstić information content (AvgIpc) is 2.87. The summed E-state index contributed by atoms with van der Waals surface area (Å²) in [7, 11) is 0. The lowest BCUT2D eigenvalue weighted by atomic mass is 10.1. The van der Waals surface area contributed by atoms with Gasteiger partial charge in [0, 0.05) is 24.9 Å². The molecule has 94 valence electrons. The Morgan fingerprint density at radius 2 is 1.84 bits per heavy atom. The first-order valence-corrected chi connectivity index (χ1v) is 6.08. The molecule has 0 bridgehead atoms. The molecule has 0 aliphatic carbocycles. The third kappa shape index (κ3) is 2.22. The Morgan fingerprint density at radius 3 is 2.58 bits per heavy atom. The standard InChI is InChI=1S/C16H13NO2/c1-12(18)19-16-10-14(13-6-3-2-4-7-13)11-17-9-5-8-15(16)17/h2-11H,1H3. The van der Waals surface area contributed by atoms with E-state index >= 15 is 0 Å². The minimum Gasteiger partial charge on any atom is -0.424 e. The lowest BCUT2D eigenvalue weighted by Crippen LogP contribution is -2.03. The van der Waals surface area contributed by atoms with Crippen molar-refractivity contribution >= 4 is 11.5 Å². The molecule has 0 aliphatic rings. The zero-order valence-corrected chi connectivity index (χ0v) is 10.5. The second-order valence-electron chi connectivity index (χ2n) is 4.35. The number of nitrogens with zero attached hydrogens (tertiary/aromatic N) is 1. The van der Waals surface area contributed by atoms with Gasteiger partial charge in [0.1, 0.15) is 0 Å². The fourth-order valence-electron chi connectivity index (χ4n) is 2.14. The molecule has 1 aromatic carbocycles. The van der Waals surface area contributed by atoms with Crippen LogP contribution in [0.2, 0.25) is 0 Å². The number of esters is 1. The van der Waals surface area contributed by atoms with Crippen LogP contribution < -0.4 is 4.74 Å². The summed E-state index contributed by atoms with van der Waals surface area (Å²) >= 11 is 0. The second kappa shape index (κ2) is 4.61. The van der Waals surface area contributed by atoms with Crippen molar-refractivity contribution in [2.24, 2.45) is 0 Å². The van der Waals surface area contributed by atoms with Gasteiger partial charge in [0.25, 0.3) is 0 Å². The maximum absolute atomic E-state index is 11.2. The Morgan fingerprint density at radius 1 is 1.05 bits per heavy atom. The lowest BCUT2D eigenvalue weighted by Gasteiger charge is -2.09. The number of carbonyl (C=O) groups is 1. The number of benzene rings is 1. The SMILES string of the molecule is CC(=O)Oc1cc(-c2ccccc2)cn2cccc12. The molecule has 3 nitrogen and oxygen atoms in total. The van der Waals surface area contributed by atoms with Gasteiger partial charge in [-0.15, -0.1) is 0 Å². The van der Waals surface area contributed by atoms with Crippen molar-refractivity contribution in [1.29, 1.82) is 0 Å². The van der Waals surface area contributed by atoms with Crippen LogP contribution in [0.1, 0.15) is 6.92 Å². The minimum absolute atomic E-state index is 0.312. The van der Waals surface area contributed by atoms with Gasteiger partial charge >= 0.3 is 5.97 Å². The largest absolute Gasteiger partial charge is 0.424 e. The van der Waals surface area contributed by atoms with Gasteiger partial charge in [-0.05, 0) is 23.8 Å². The molecule has 0 saturated heterocycles. The Bertz CT molecular complexity index is 729. The molecular weight excluding hydrogens is 238 g/mol. The molecule has 19 heavy (non-hydrogen) atoms. The lowest BCUT2D eigenvalue weighted by molar-refractivity contribution is -0.131.